The molecule has 0 aromatic heterocycles. The van der Waals surface area contributed by atoms with E-state index in [1.54, 1.807) is 0 Å². The molecule has 1 N–H and O–H groups in total. The Morgan fingerprint density at radius 2 is 1.89 bits per heavy atom. The second kappa shape index (κ2) is 9.12. The number of hydrogen-bond acceptors (Lipinski definition) is 2. The van der Waals surface area contributed by atoms with Crippen molar-refractivity contribution in [2.75, 3.05) is 19.8 Å². The Morgan fingerprint density at radius 3 is 2.50 bits per heavy atom. The normalized spacial score (nSPS) is 14.4. The molecule has 1 aromatic carbocycles. The fourth-order valence-corrected chi connectivity index (χ4v) is 2.19. The van der Waals surface area contributed by atoms with Gasteiger partial charge in [-0.2, -0.15) is 0 Å². The third-order valence-electron chi connectivity index (χ3n) is 3.50. The number of hydrogen-bond donors (Lipinski definition) is 1. The molecule has 0 aliphatic carbocycles. The number of aliphatic hydroxyl groups excluding tert-OH is 1. The molecule has 0 aliphatic heterocycles. The molecule has 0 aliphatic rings. The first-order valence-corrected chi connectivity index (χ1v) is 7.01. The van der Waals surface area contributed by atoms with Gasteiger partial charge in [-0.1, -0.05) is 50.6 Å². The van der Waals surface area contributed by atoms with Crippen molar-refractivity contribution in [2.45, 2.75) is 39.0 Å². The Balaban J connectivity index is 2.52. The van der Waals surface area contributed by atoms with Crippen molar-refractivity contribution in [3.8, 4) is 0 Å². The smallest absolute Gasteiger partial charge is 0.0697 e. The molecule has 0 heterocycles. The van der Waals surface area contributed by atoms with Crippen LogP contribution in [0.4, 0.5) is 0 Å². The first kappa shape index (κ1) is 15.2. The maximum absolute atomic E-state index is 8.71. The van der Waals surface area contributed by atoms with Gasteiger partial charge >= 0.3 is 0 Å². The molecule has 1 rings (SSSR count). The predicted molar refractivity (Wildman–Crippen MR) is 75.8 cm³/mol. The molecule has 0 spiro atoms. The molecule has 2 nitrogen and oxygen atoms in total. The minimum atomic E-state index is 0.112. The van der Waals surface area contributed by atoms with Crippen LogP contribution in [0.3, 0.4) is 0 Å². The summed E-state index contributed by atoms with van der Waals surface area (Å²) in [5, 5.41) is 8.71. The number of benzene rings is 1. The first-order chi connectivity index (χ1) is 8.77. The summed E-state index contributed by atoms with van der Waals surface area (Å²) in [6, 6.07) is 10.7. The van der Waals surface area contributed by atoms with E-state index in [2.05, 4.69) is 44.2 Å². The van der Waals surface area contributed by atoms with Crippen LogP contribution in [0.5, 0.6) is 0 Å². The van der Waals surface area contributed by atoms with E-state index in [4.69, 9.17) is 9.84 Å². The molecular formula is C16H26O2. The Kier molecular flexibility index (Phi) is 7.70. The fourth-order valence-electron chi connectivity index (χ4n) is 2.19. The molecule has 18 heavy (non-hydrogen) atoms. The molecule has 0 saturated carbocycles. The third kappa shape index (κ3) is 5.65. The molecule has 0 radical (unpaired) electrons. The zero-order valence-electron chi connectivity index (χ0n) is 11.6. The lowest BCUT2D eigenvalue weighted by atomic mass is 9.86. The van der Waals surface area contributed by atoms with Gasteiger partial charge in [-0.3, -0.25) is 0 Å². The Hall–Kier alpha value is -0.860. The van der Waals surface area contributed by atoms with Crippen molar-refractivity contribution in [3.63, 3.8) is 0 Å². The largest absolute Gasteiger partial charge is 0.394 e. The van der Waals surface area contributed by atoms with Gasteiger partial charge in [0.1, 0.15) is 0 Å². The number of ether oxygens (including phenoxy) is 1. The highest BCUT2D eigenvalue weighted by Gasteiger charge is 2.14. The lowest BCUT2D eigenvalue weighted by molar-refractivity contribution is 0.0862. The van der Waals surface area contributed by atoms with Crippen LogP contribution in [0, 0.1) is 5.92 Å². The van der Waals surface area contributed by atoms with Crippen molar-refractivity contribution in [2.24, 2.45) is 5.92 Å². The van der Waals surface area contributed by atoms with Crippen LogP contribution in [-0.4, -0.2) is 24.9 Å². The summed E-state index contributed by atoms with van der Waals surface area (Å²) in [6.45, 7) is 5.85. The highest BCUT2D eigenvalue weighted by Crippen LogP contribution is 2.28. The highest BCUT2D eigenvalue weighted by atomic mass is 16.5. The third-order valence-corrected chi connectivity index (χ3v) is 3.50. The van der Waals surface area contributed by atoms with Crippen LogP contribution in [0.2, 0.25) is 0 Å². The van der Waals surface area contributed by atoms with Crippen molar-refractivity contribution < 1.29 is 9.84 Å². The molecular weight excluding hydrogens is 224 g/mol. The SMILES string of the molecule is CCC(C)CC(CCOCCO)c1ccccc1. The molecule has 0 fully saturated rings. The van der Waals surface area contributed by atoms with Gasteiger partial charge in [-0.15, -0.1) is 0 Å². The molecule has 2 unspecified atom stereocenters. The molecule has 0 bridgehead atoms. The summed E-state index contributed by atoms with van der Waals surface area (Å²) in [4.78, 5) is 0. The lowest BCUT2D eigenvalue weighted by Crippen LogP contribution is -2.09. The minimum Gasteiger partial charge on any atom is -0.394 e. The molecule has 0 amide bonds. The second-order valence-corrected chi connectivity index (χ2v) is 4.98. The van der Waals surface area contributed by atoms with E-state index in [0.29, 0.717) is 12.5 Å². The molecule has 102 valence electrons. The Morgan fingerprint density at radius 1 is 1.17 bits per heavy atom. The molecule has 2 heteroatoms. The number of rotatable bonds is 9. The van der Waals surface area contributed by atoms with E-state index in [-0.39, 0.29) is 6.61 Å². The quantitative estimate of drug-likeness (QED) is 0.678. The van der Waals surface area contributed by atoms with Gasteiger partial charge in [0, 0.05) is 6.61 Å². The van der Waals surface area contributed by atoms with Crippen molar-refractivity contribution in [1.82, 2.24) is 0 Å². The van der Waals surface area contributed by atoms with Crippen LogP contribution < -0.4 is 0 Å². The summed E-state index contributed by atoms with van der Waals surface area (Å²) in [6.07, 6.45) is 3.47. The molecule has 2 atom stereocenters. The summed E-state index contributed by atoms with van der Waals surface area (Å²) in [7, 11) is 0. The highest BCUT2D eigenvalue weighted by molar-refractivity contribution is 5.19. The lowest BCUT2D eigenvalue weighted by Gasteiger charge is -2.20. The average molecular weight is 250 g/mol. The monoisotopic (exact) mass is 250 g/mol. The second-order valence-electron chi connectivity index (χ2n) is 4.98. The summed E-state index contributed by atoms with van der Waals surface area (Å²) >= 11 is 0. The number of aliphatic hydroxyl groups is 1. The van der Waals surface area contributed by atoms with Gasteiger partial charge in [-0.25, -0.2) is 0 Å². The van der Waals surface area contributed by atoms with E-state index in [0.717, 1.165) is 18.9 Å². The van der Waals surface area contributed by atoms with Crippen LogP contribution in [0.15, 0.2) is 30.3 Å². The summed E-state index contributed by atoms with van der Waals surface area (Å²) in [5.74, 6) is 1.31. The minimum absolute atomic E-state index is 0.112. The van der Waals surface area contributed by atoms with Gasteiger partial charge in [0.05, 0.1) is 13.2 Å². The summed E-state index contributed by atoms with van der Waals surface area (Å²) in [5.41, 5.74) is 1.41. The topological polar surface area (TPSA) is 29.5 Å². The zero-order chi connectivity index (χ0) is 13.2. The van der Waals surface area contributed by atoms with E-state index in [1.807, 2.05) is 0 Å². The Bertz CT molecular complexity index is 297. The van der Waals surface area contributed by atoms with Gasteiger partial charge in [0.25, 0.3) is 0 Å². The maximum atomic E-state index is 8.71. The van der Waals surface area contributed by atoms with Gasteiger partial charge < -0.3 is 9.84 Å². The zero-order valence-corrected chi connectivity index (χ0v) is 11.6. The van der Waals surface area contributed by atoms with Crippen LogP contribution in [-0.2, 0) is 4.74 Å². The summed E-state index contributed by atoms with van der Waals surface area (Å²) < 4.78 is 5.40. The van der Waals surface area contributed by atoms with Crippen LogP contribution in [0.1, 0.15) is 44.6 Å². The van der Waals surface area contributed by atoms with Crippen LogP contribution in [0.25, 0.3) is 0 Å². The van der Waals surface area contributed by atoms with Crippen molar-refractivity contribution >= 4 is 0 Å². The van der Waals surface area contributed by atoms with Crippen LogP contribution >= 0.6 is 0 Å². The Labute approximate surface area is 111 Å². The molecule has 0 saturated heterocycles. The van der Waals surface area contributed by atoms with Crippen molar-refractivity contribution in [3.05, 3.63) is 35.9 Å². The maximum Gasteiger partial charge on any atom is 0.0697 e. The van der Waals surface area contributed by atoms with E-state index in [9.17, 15) is 0 Å². The van der Waals surface area contributed by atoms with Gasteiger partial charge in [0.15, 0.2) is 0 Å². The van der Waals surface area contributed by atoms with E-state index in [1.165, 1.54) is 18.4 Å². The van der Waals surface area contributed by atoms with Gasteiger partial charge in [0.2, 0.25) is 0 Å². The van der Waals surface area contributed by atoms with Gasteiger partial charge in [-0.05, 0) is 30.2 Å². The van der Waals surface area contributed by atoms with Crippen molar-refractivity contribution in [1.29, 1.82) is 0 Å². The fraction of sp³-hybridized carbons (Fsp3) is 0.625. The predicted octanol–water partition coefficient (Wildman–Crippen LogP) is 3.61. The van der Waals surface area contributed by atoms with E-state index < -0.39 is 0 Å². The molecule has 1 aromatic rings. The first-order valence-electron chi connectivity index (χ1n) is 7.01. The van der Waals surface area contributed by atoms with E-state index >= 15 is 0 Å². The average Bonchev–Trinajstić information content (AvgIpc) is 2.43. The standard InChI is InChI=1S/C16H26O2/c1-3-14(2)13-16(9-11-18-12-10-17)15-7-5-4-6-8-15/h4-8,14,16-17H,3,9-13H2,1-2H3.